The molecule has 0 saturated carbocycles. The van der Waals surface area contributed by atoms with E-state index < -0.39 is 0 Å². The zero-order chi connectivity index (χ0) is 16.8. The van der Waals surface area contributed by atoms with Crippen molar-refractivity contribution in [1.82, 2.24) is 19.6 Å². The number of nitrogens with one attached hydrogen (secondary N) is 1. The van der Waals surface area contributed by atoms with E-state index in [-0.39, 0.29) is 12.6 Å². The predicted molar refractivity (Wildman–Crippen MR) is 91.1 cm³/mol. The van der Waals surface area contributed by atoms with Gasteiger partial charge < -0.3 is 9.47 Å². The Hall–Kier alpha value is -2.58. The summed E-state index contributed by atoms with van der Waals surface area (Å²) in [6, 6.07) is 10.8. The number of imidazole rings is 1. The number of para-hydroxylation sites is 2. The number of H-pyrrole nitrogens is 1. The maximum absolute atomic E-state index is 13.9. The molecule has 25 heavy (non-hydrogen) atoms. The molecule has 6 nitrogen and oxygen atoms in total. The van der Waals surface area contributed by atoms with Crippen molar-refractivity contribution in [2.45, 2.75) is 17.5 Å². The van der Waals surface area contributed by atoms with Crippen LogP contribution >= 0.6 is 11.8 Å². The van der Waals surface area contributed by atoms with Crippen LogP contribution in [0.3, 0.4) is 0 Å². The van der Waals surface area contributed by atoms with Crippen LogP contribution in [0.1, 0.15) is 11.1 Å². The minimum atomic E-state index is -0.288. The lowest BCUT2D eigenvalue weighted by atomic mass is 10.1. The molecule has 0 unspecified atom stereocenters. The summed E-state index contributed by atoms with van der Waals surface area (Å²) in [6.45, 7) is 0.554. The topological polar surface area (TPSA) is 64.4 Å². The van der Waals surface area contributed by atoms with Crippen molar-refractivity contribution < 1.29 is 13.9 Å². The Kier molecular flexibility index (Phi) is 3.39. The van der Waals surface area contributed by atoms with E-state index in [9.17, 15) is 4.39 Å². The van der Waals surface area contributed by atoms with Crippen molar-refractivity contribution in [1.29, 1.82) is 0 Å². The molecule has 0 amide bonds. The van der Waals surface area contributed by atoms with Gasteiger partial charge >= 0.3 is 0 Å². The summed E-state index contributed by atoms with van der Waals surface area (Å²) in [5.74, 6) is 1.65. The van der Waals surface area contributed by atoms with Gasteiger partial charge in [-0.25, -0.2) is 14.5 Å². The average molecular weight is 356 g/mol. The summed E-state index contributed by atoms with van der Waals surface area (Å²) in [5, 5.41) is 8.05. The molecule has 1 aliphatic rings. The van der Waals surface area contributed by atoms with Gasteiger partial charge in [0, 0.05) is 16.9 Å². The summed E-state index contributed by atoms with van der Waals surface area (Å²) in [5.41, 5.74) is 3.42. The maximum atomic E-state index is 13.9. The van der Waals surface area contributed by atoms with E-state index >= 15 is 0 Å². The molecule has 2 aromatic heterocycles. The fourth-order valence-electron chi connectivity index (χ4n) is 3.05. The summed E-state index contributed by atoms with van der Waals surface area (Å²) in [7, 11) is 0. The zero-order valence-corrected chi connectivity index (χ0v) is 13.8. The quantitative estimate of drug-likeness (QED) is 0.569. The Bertz CT molecular complexity index is 1090. The van der Waals surface area contributed by atoms with E-state index in [2.05, 4.69) is 15.2 Å². The van der Waals surface area contributed by atoms with Gasteiger partial charge in [0.15, 0.2) is 11.9 Å². The molecule has 4 aromatic rings. The van der Waals surface area contributed by atoms with Crippen molar-refractivity contribution in [2.24, 2.45) is 0 Å². The van der Waals surface area contributed by atoms with E-state index in [1.54, 1.807) is 0 Å². The van der Waals surface area contributed by atoms with Crippen molar-refractivity contribution in [3.63, 3.8) is 0 Å². The van der Waals surface area contributed by atoms with Gasteiger partial charge in [-0.3, -0.25) is 4.40 Å². The fourth-order valence-corrected chi connectivity index (χ4v) is 3.97. The largest absolute Gasteiger partial charge is 0.467 e. The van der Waals surface area contributed by atoms with Crippen molar-refractivity contribution >= 4 is 28.6 Å². The smallest absolute Gasteiger partial charge is 0.231 e. The first-order valence-corrected chi connectivity index (χ1v) is 8.74. The Labute approximate surface area is 146 Å². The molecule has 0 bridgehead atoms. The molecule has 5 rings (SSSR count). The molecule has 0 saturated heterocycles. The van der Waals surface area contributed by atoms with Gasteiger partial charge in [-0.15, -0.1) is 5.10 Å². The minimum Gasteiger partial charge on any atom is -0.467 e. The number of halogens is 1. The number of benzene rings is 2. The highest BCUT2D eigenvalue weighted by atomic mass is 32.2. The van der Waals surface area contributed by atoms with Crippen LogP contribution in [-0.2, 0) is 17.1 Å². The van der Waals surface area contributed by atoms with Crippen LogP contribution in [0.4, 0.5) is 4.39 Å². The van der Waals surface area contributed by atoms with Gasteiger partial charge in [0.25, 0.3) is 0 Å². The number of aromatic amines is 1. The number of fused-ring (bicyclic) bond motifs is 4. The van der Waals surface area contributed by atoms with Crippen LogP contribution in [0.15, 0.2) is 41.6 Å². The standard InChI is InChI=1S/C17H13FN4O2S/c18-12-5-10-7-23-9-24-15(10)11(6-12)8-25-17-21-20-16-19-13-3-1-2-4-14(13)22(16)17/h1-6H,7-9H2,(H,19,20). The van der Waals surface area contributed by atoms with Crippen molar-refractivity contribution in [3.05, 3.63) is 53.3 Å². The predicted octanol–water partition coefficient (Wildman–Crippen LogP) is 3.51. The highest BCUT2D eigenvalue weighted by Crippen LogP contribution is 2.34. The molecular formula is C17H13FN4O2S. The van der Waals surface area contributed by atoms with Crippen LogP contribution in [-0.4, -0.2) is 26.4 Å². The second-order valence-corrected chi connectivity index (χ2v) is 6.66. The SMILES string of the molecule is Fc1cc2c(c(CSc3n[nH]c4nc5ccccc5n34)c1)OCOC2. The van der Waals surface area contributed by atoms with Crippen molar-refractivity contribution in [3.8, 4) is 5.75 Å². The molecule has 2 aromatic carbocycles. The zero-order valence-electron chi connectivity index (χ0n) is 13.0. The molecule has 8 heteroatoms. The highest BCUT2D eigenvalue weighted by molar-refractivity contribution is 7.98. The molecule has 126 valence electrons. The van der Waals surface area contributed by atoms with Crippen LogP contribution in [0.5, 0.6) is 5.75 Å². The second kappa shape index (κ2) is 5.75. The number of ether oxygens (including phenoxy) is 2. The summed E-state index contributed by atoms with van der Waals surface area (Å²) in [4.78, 5) is 4.51. The molecule has 0 aliphatic carbocycles. The van der Waals surface area contributed by atoms with E-state index in [1.807, 2.05) is 28.7 Å². The third kappa shape index (κ3) is 2.45. The lowest BCUT2D eigenvalue weighted by Gasteiger charge is -2.20. The molecule has 0 spiro atoms. The number of hydrogen-bond donors (Lipinski definition) is 1. The first kappa shape index (κ1) is 14.7. The maximum Gasteiger partial charge on any atom is 0.231 e. The summed E-state index contributed by atoms with van der Waals surface area (Å²) >= 11 is 1.50. The number of thioether (sulfide) groups is 1. The van der Waals surface area contributed by atoms with Gasteiger partial charge in [0.1, 0.15) is 11.6 Å². The Morgan fingerprint density at radius 2 is 2.20 bits per heavy atom. The molecule has 1 aliphatic heterocycles. The van der Waals surface area contributed by atoms with Crippen LogP contribution in [0.2, 0.25) is 0 Å². The Balaban J connectivity index is 1.51. The second-order valence-electron chi connectivity index (χ2n) is 5.72. The first-order chi connectivity index (χ1) is 12.3. The van der Waals surface area contributed by atoms with Crippen molar-refractivity contribution in [2.75, 3.05) is 6.79 Å². The van der Waals surface area contributed by atoms with Crippen LogP contribution in [0.25, 0.3) is 16.8 Å². The lowest BCUT2D eigenvalue weighted by molar-refractivity contribution is -0.0171. The van der Waals surface area contributed by atoms with Gasteiger partial charge in [-0.1, -0.05) is 23.9 Å². The lowest BCUT2D eigenvalue weighted by Crippen LogP contribution is -2.13. The molecule has 1 N–H and O–H groups in total. The molecule has 0 fully saturated rings. The highest BCUT2D eigenvalue weighted by Gasteiger charge is 2.18. The Morgan fingerprint density at radius 1 is 1.28 bits per heavy atom. The monoisotopic (exact) mass is 356 g/mol. The fraction of sp³-hybridized carbons (Fsp3) is 0.176. The summed E-state index contributed by atoms with van der Waals surface area (Å²) < 4.78 is 26.6. The van der Waals surface area contributed by atoms with E-state index in [1.165, 1.54) is 23.9 Å². The normalized spacial score (nSPS) is 14.0. The summed E-state index contributed by atoms with van der Waals surface area (Å²) in [6.07, 6.45) is 0. The first-order valence-electron chi connectivity index (χ1n) is 7.76. The number of rotatable bonds is 3. The third-order valence-corrected chi connectivity index (χ3v) is 5.10. The van der Waals surface area contributed by atoms with Gasteiger partial charge in [-0.2, -0.15) is 0 Å². The van der Waals surface area contributed by atoms with Crippen LogP contribution < -0.4 is 4.74 Å². The van der Waals surface area contributed by atoms with Gasteiger partial charge in [-0.05, 0) is 24.3 Å². The van der Waals surface area contributed by atoms with E-state index in [0.717, 1.165) is 27.3 Å². The molecule has 0 atom stereocenters. The van der Waals surface area contributed by atoms with Gasteiger partial charge in [0.2, 0.25) is 5.78 Å². The van der Waals surface area contributed by atoms with Gasteiger partial charge in [0.05, 0.1) is 17.6 Å². The van der Waals surface area contributed by atoms with E-state index in [0.29, 0.717) is 23.9 Å². The average Bonchev–Trinajstić information content (AvgIpc) is 3.18. The number of nitrogens with zero attached hydrogens (tertiary/aromatic N) is 3. The van der Waals surface area contributed by atoms with E-state index in [4.69, 9.17) is 9.47 Å². The van der Waals surface area contributed by atoms with Crippen LogP contribution in [0, 0.1) is 5.82 Å². The molecular weight excluding hydrogens is 343 g/mol. The number of aromatic nitrogens is 4. The Morgan fingerprint density at radius 3 is 3.16 bits per heavy atom. The third-order valence-electron chi connectivity index (χ3n) is 4.11. The number of hydrogen-bond acceptors (Lipinski definition) is 5. The molecule has 0 radical (unpaired) electrons. The minimum absolute atomic E-state index is 0.190. The molecule has 3 heterocycles.